The van der Waals surface area contributed by atoms with Crippen LogP contribution in [0.25, 0.3) is 0 Å². The van der Waals surface area contributed by atoms with Crippen LogP contribution < -0.4 is 10.6 Å². The number of aromatic nitrogens is 1. The van der Waals surface area contributed by atoms with Crippen LogP contribution in [0.4, 0.5) is 11.5 Å². The Morgan fingerprint density at radius 1 is 1.65 bits per heavy atom. The van der Waals surface area contributed by atoms with E-state index in [1.54, 1.807) is 0 Å². The number of nitrogens with zero attached hydrogens (tertiary/aromatic N) is 4. The first-order valence-corrected chi connectivity index (χ1v) is 6.58. The Bertz CT molecular complexity index is 554. The van der Waals surface area contributed by atoms with Crippen LogP contribution in [-0.4, -0.2) is 29.0 Å². The molecule has 0 radical (unpaired) electrons. The molecule has 1 aliphatic heterocycles. The molecule has 2 heterocycles. The number of pyridine rings is 1. The summed E-state index contributed by atoms with van der Waals surface area (Å²) in [6, 6.07) is 3.53. The second kappa shape index (κ2) is 5.84. The third-order valence-electron chi connectivity index (χ3n) is 3.77. The summed E-state index contributed by atoms with van der Waals surface area (Å²) in [5.41, 5.74) is 5.80. The summed E-state index contributed by atoms with van der Waals surface area (Å²) >= 11 is 0. The summed E-state index contributed by atoms with van der Waals surface area (Å²) < 4.78 is 0. The highest BCUT2D eigenvalue weighted by atomic mass is 16.6. The molecule has 106 valence electrons. The predicted octanol–water partition coefficient (Wildman–Crippen LogP) is 1.43. The first-order valence-electron chi connectivity index (χ1n) is 6.58. The second-order valence-electron chi connectivity index (χ2n) is 5.11. The van der Waals surface area contributed by atoms with Crippen LogP contribution in [0.3, 0.4) is 0 Å². The summed E-state index contributed by atoms with van der Waals surface area (Å²) in [6.45, 7) is 3.40. The van der Waals surface area contributed by atoms with E-state index in [1.807, 2.05) is 11.0 Å². The molecule has 0 aromatic carbocycles. The highest BCUT2D eigenvalue weighted by Crippen LogP contribution is 2.29. The largest absolute Gasteiger partial charge is 0.352 e. The van der Waals surface area contributed by atoms with E-state index in [4.69, 9.17) is 5.73 Å². The lowest BCUT2D eigenvalue weighted by Crippen LogP contribution is -2.44. The normalized spacial score (nSPS) is 22.4. The number of nitrogens with two attached hydrogens (primary N) is 1. The van der Waals surface area contributed by atoms with Crippen molar-refractivity contribution >= 4 is 11.5 Å². The smallest absolute Gasteiger partial charge is 0.289 e. The summed E-state index contributed by atoms with van der Waals surface area (Å²) in [5, 5.41) is 19.9. The molecule has 2 N–H and O–H groups in total. The van der Waals surface area contributed by atoms with Crippen molar-refractivity contribution in [3.8, 4) is 6.07 Å². The second-order valence-corrected chi connectivity index (χ2v) is 5.11. The van der Waals surface area contributed by atoms with E-state index in [0.717, 1.165) is 19.4 Å². The average Bonchev–Trinajstić information content (AvgIpc) is 2.47. The first kappa shape index (κ1) is 14.2. The molecular weight excluding hydrogens is 258 g/mol. The molecule has 0 aliphatic carbocycles. The zero-order valence-electron chi connectivity index (χ0n) is 11.3. The minimum atomic E-state index is -0.542. The van der Waals surface area contributed by atoms with Gasteiger partial charge >= 0.3 is 0 Å². The maximum absolute atomic E-state index is 10.7. The van der Waals surface area contributed by atoms with Gasteiger partial charge < -0.3 is 10.6 Å². The molecule has 1 saturated heterocycles. The zero-order valence-corrected chi connectivity index (χ0v) is 11.3. The number of nitro groups is 1. The SMILES string of the molecule is CC1CCC(CN)CN1c1ncc([N+](=O)[O-])cc1C#N. The van der Waals surface area contributed by atoms with Crippen LogP contribution in [0.2, 0.25) is 0 Å². The minimum Gasteiger partial charge on any atom is -0.352 e. The first-order chi connectivity index (χ1) is 9.56. The lowest BCUT2D eigenvalue weighted by molar-refractivity contribution is -0.385. The number of rotatable bonds is 3. The maximum Gasteiger partial charge on any atom is 0.289 e. The van der Waals surface area contributed by atoms with Gasteiger partial charge in [0.15, 0.2) is 0 Å². The Balaban J connectivity index is 2.36. The van der Waals surface area contributed by atoms with Crippen LogP contribution in [0.1, 0.15) is 25.3 Å². The van der Waals surface area contributed by atoms with E-state index >= 15 is 0 Å². The van der Waals surface area contributed by atoms with E-state index < -0.39 is 4.92 Å². The molecule has 2 rings (SSSR count). The Kier molecular flexibility index (Phi) is 4.15. The van der Waals surface area contributed by atoms with Crippen molar-refractivity contribution in [1.82, 2.24) is 4.98 Å². The summed E-state index contributed by atoms with van der Waals surface area (Å²) in [4.78, 5) is 16.4. The molecule has 2 unspecified atom stereocenters. The standard InChI is InChI=1S/C13H17N5O2/c1-9-2-3-10(5-14)8-17(9)13-11(6-15)4-12(7-16-13)18(19)20/h4,7,9-10H,2-3,5,8,14H2,1H3. The van der Waals surface area contributed by atoms with Gasteiger partial charge in [-0.3, -0.25) is 10.1 Å². The van der Waals surface area contributed by atoms with Gasteiger partial charge in [0.25, 0.3) is 5.69 Å². The topological polar surface area (TPSA) is 109 Å². The maximum atomic E-state index is 10.7. The van der Waals surface area contributed by atoms with Gasteiger partial charge in [0, 0.05) is 18.7 Å². The molecule has 0 saturated carbocycles. The lowest BCUT2D eigenvalue weighted by Gasteiger charge is -2.38. The van der Waals surface area contributed by atoms with Crippen LogP contribution in [-0.2, 0) is 0 Å². The number of hydrogen-bond acceptors (Lipinski definition) is 6. The lowest BCUT2D eigenvalue weighted by atomic mass is 9.93. The third-order valence-corrected chi connectivity index (χ3v) is 3.77. The number of hydrogen-bond donors (Lipinski definition) is 1. The molecule has 0 amide bonds. The van der Waals surface area contributed by atoms with Crippen LogP contribution >= 0.6 is 0 Å². The van der Waals surface area contributed by atoms with Crippen molar-refractivity contribution in [2.24, 2.45) is 11.7 Å². The van der Waals surface area contributed by atoms with Crippen molar-refractivity contribution in [2.75, 3.05) is 18.0 Å². The Hall–Kier alpha value is -2.20. The van der Waals surface area contributed by atoms with Gasteiger partial charge in [-0.1, -0.05) is 0 Å². The van der Waals surface area contributed by atoms with Crippen LogP contribution in [0.5, 0.6) is 0 Å². The molecule has 7 nitrogen and oxygen atoms in total. The fourth-order valence-electron chi connectivity index (χ4n) is 2.53. The number of anilines is 1. The molecule has 0 spiro atoms. The quantitative estimate of drug-likeness (QED) is 0.660. The van der Waals surface area contributed by atoms with Crippen molar-refractivity contribution in [3.05, 3.63) is 27.9 Å². The van der Waals surface area contributed by atoms with Gasteiger partial charge in [-0.15, -0.1) is 0 Å². The highest BCUT2D eigenvalue weighted by molar-refractivity contribution is 5.58. The van der Waals surface area contributed by atoms with Crippen LogP contribution in [0.15, 0.2) is 12.3 Å². The Morgan fingerprint density at radius 3 is 3.00 bits per heavy atom. The van der Waals surface area contributed by atoms with Gasteiger partial charge in [-0.2, -0.15) is 5.26 Å². The summed E-state index contributed by atoms with van der Waals surface area (Å²) in [5.74, 6) is 0.887. The van der Waals surface area contributed by atoms with E-state index in [0.29, 0.717) is 18.3 Å². The molecule has 1 aliphatic rings. The molecule has 7 heteroatoms. The molecule has 1 aromatic heterocycles. The van der Waals surface area contributed by atoms with E-state index in [1.165, 1.54) is 12.3 Å². The fourth-order valence-corrected chi connectivity index (χ4v) is 2.53. The fraction of sp³-hybridized carbons (Fsp3) is 0.538. The molecule has 0 bridgehead atoms. The van der Waals surface area contributed by atoms with Crippen molar-refractivity contribution in [3.63, 3.8) is 0 Å². The predicted molar refractivity (Wildman–Crippen MR) is 74.2 cm³/mol. The Labute approximate surface area is 117 Å². The van der Waals surface area contributed by atoms with Gasteiger partial charge in [0.05, 0.1) is 4.92 Å². The number of piperidine rings is 1. The average molecular weight is 275 g/mol. The Morgan fingerprint density at radius 2 is 2.40 bits per heavy atom. The van der Waals surface area contributed by atoms with Gasteiger partial charge in [-0.05, 0) is 32.2 Å². The molecule has 1 fully saturated rings. The number of nitriles is 1. The van der Waals surface area contributed by atoms with Gasteiger partial charge in [0.1, 0.15) is 23.6 Å². The molecule has 2 atom stereocenters. The van der Waals surface area contributed by atoms with E-state index in [9.17, 15) is 15.4 Å². The third kappa shape index (κ3) is 2.70. The monoisotopic (exact) mass is 275 g/mol. The van der Waals surface area contributed by atoms with Crippen LogP contribution in [0, 0.1) is 27.4 Å². The minimum absolute atomic E-state index is 0.162. The molecule has 20 heavy (non-hydrogen) atoms. The van der Waals surface area contributed by atoms with Gasteiger partial charge in [0.2, 0.25) is 0 Å². The van der Waals surface area contributed by atoms with E-state index in [-0.39, 0.29) is 17.3 Å². The summed E-state index contributed by atoms with van der Waals surface area (Å²) in [7, 11) is 0. The zero-order chi connectivity index (χ0) is 14.7. The van der Waals surface area contributed by atoms with Crippen molar-refractivity contribution in [2.45, 2.75) is 25.8 Å². The highest BCUT2D eigenvalue weighted by Gasteiger charge is 2.28. The summed E-state index contributed by atoms with van der Waals surface area (Å²) in [6.07, 6.45) is 3.24. The van der Waals surface area contributed by atoms with E-state index in [2.05, 4.69) is 11.9 Å². The van der Waals surface area contributed by atoms with Crippen molar-refractivity contribution in [1.29, 1.82) is 5.26 Å². The molecule has 1 aromatic rings. The molecular formula is C13H17N5O2. The van der Waals surface area contributed by atoms with Gasteiger partial charge in [-0.25, -0.2) is 4.98 Å². The van der Waals surface area contributed by atoms with Crippen molar-refractivity contribution < 1.29 is 4.92 Å².